The highest BCUT2D eigenvalue weighted by atomic mass is 32.1. The zero-order chi connectivity index (χ0) is 25.9. The van der Waals surface area contributed by atoms with E-state index in [9.17, 15) is 14.7 Å². The molecule has 2 heterocycles. The molecule has 0 radical (unpaired) electrons. The van der Waals surface area contributed by atoms with Crippen molar-refractivity contribution < 1.29 is 19.4 Å². The van der Waals surface area contributed by atoms with Crippen molar-refractivity contribution in [3.8, 4) is 0 Å². The number of aromatic nitrogens is 1. The number of ketones is 1. The van der Waals surface area contributed by atoms with Gasteiger partial charge in [-0.2, -0.15) is 0 Å². The maximum atomic E-state index is 12.8. The molecule has 6 heteroatoms. The maximum absolute atomic E-state index is 12.8. The molecule has 2 rings (SSSR count). The summed E-state index contributed by atoms with van der Waals surface area (Å²) in [5.74, 6) is 0.457. The van der Waals surface area contributed by atoms with Gasteiger partial charge in [0.15, 0.2) is 0 Å². The average Bonchev–Trinajstić information content (AvgIpc) is 3.15. The SMILES string of the molecule is C/C1=C/CCOC(=O)CC(O)C(C)(C)C(=O)C(C)CC(C)CC(C)C1.C/C=C\c1csc(C)n1. The number of hydrogen-bond acceptors (Lipinski definition) is 6. The number of rotatable bonds is 1. The van der Waals surface area contributed by atoms with Gasteiger partial charge in [0.1, 0.15) is 5.78 Å². The molecule has 1 aliphatic rings. The number of carbonyl (C=O) groups excluding carboxylic acids is 2. The van der Waals surface area contributed by atoms with Crippen LogP contribution in [0, 0.1) is 30.1 Å². The normalized spacial score (nSPS) is 29.0. The number of Topliss-reactive ketones (excluding diaryl/α,β-unsaturated/α-hetero) is 1. The Kier molecular flexibility index (Phi) is 13.0. The fourth-order valence-electron chi connectivity index (χ4n) is 4.59. The minimum Gasteiger partial charge on any atom is -0.465 e. The van der Waals surface area contributed by atoms with Crippen LogP contribution in [-0.2, 0) is 14.3 Å². The van der Waals surface area contributed by atoms with Crippen LogP contribution in [0.4, 0.5) is 0 Å². The first-order valence-electron chi connectivity index (χ1n) is 12.4. The molecule has 1 N–H and O–H groups in total. The van der Waals surface area contributed by atoms with E-state index in [1.807, 2.05) is 32.9 Å². The number of aryl methyl sites for hydroxylation is 1. The Bertz CT molecular complexity index is 839. The van der Waals surface area contributed by atoms with Crippen LogP contribution in [0.25, 0.3) is 6.08 Å². The molecule has 4 unspecified atom stereocenters. The van der Waals surface area contributed by atoms with Gasteiger partial charge in [-0.15, -0.1) is 11.3 Å². The fraction of sp³-hybridized carbons (Fsp3) is 0.679. The molecule has 4 atom stereocenters. The van der Waals surface area contributed by atoms with E-state index in [4.69, 9.17) is 4.74 Å². The van der Waals surface area contributed by atoms with Crippen molar-refractivity contribution in [2.75, 3.05) is 6.61 Å². The van der Waals surface area contributed by atoms with E-state index in [2.05, 4.69) is 37.2 Å². The van der Waals surface area contributed by atoms with Crippen LogP contribution in [0.2, 0.25) is 0 Å². The fourth-order valence-corrected chi connectivity index (χ4v) is 5.17. The second-order valence-corrected chi connectivity index (χ2v) is 11.5. The van der Waals surface area contributed by atoms with Crippen molar-refractivity contribution in [3.05, 3.63) is 33.8 Å². The van der Waals surface area contributed by atoms with Gasteiger partial charge >= 0.3 is 5.97 Å². The smallest absolute Gasteiger partial charge is 0.308 e. The number of ether oxygens (including phenoxy) is 1. The molecule has 0 amide bonds. The topological polar surface area (TPSA) is 76.5 Å². The lowest BCUT2D eigenvalue weighted by Gasteiger charge is -2.32. The molecule has 1 aromatic heterocycles. The van der Waals surface area contributed by atoms with Crippen molar-refractivity contribution >= 4 is 29.2 Å². The Labute approximate surface area is 210 Å². The number of hydrogen-bond donors (Lipinski definition) is 1. The number of aliphatic hydroxyl groups is 1. The number of allylic oxidation sites excluding steroid dienone is 2. The summed E-state index contributed by atoms with van der Waals surface area (Å²) in [7, 11) is 0. The summed E-state index contributed by atoms with van der Waals surface area (Å²) in [5, 5.41) is 13.6. The number of cyclic esters (lactones) is 1. The molecule has 0 aliphatic carbocycles. The third-order valence-electron chi connectivity index (χ3n) is 6.35. The zero-order valence-corrected chi connectivity index (χ0v) is 23.2. The molecule has 1 aliphatic heterocycles. The number of carbonyl (C=O) groups is 2. The van der Waals surface area contributed by atoms with Gasteiger partial charge in [0.05, 0.1) is 35.2 Å². The average molecular weight is 492 g/mol. The van der Waals surface area contributed by atoms with Gasteiger partial charge in [0.2, 0.25) is 0 Å². The van der Waals surface area contributed by atoms with Crippen LogP contribution in [0.3, 0.4) is 0 Å². The molecule has 34 heavy (non-hydrogen) atoms. The number of esters is 1. The molecule has 5 nitrogen and oxygen atoms in total. The van der Waals surface area contributed by atoms with Gasteiger partial charge in [-0.3, -0.25) is 9.59 Å². The second-order valence-electron chi connectivity index (χ2n) is 10.4. The largest absolute Gasteiger partial charge is 0.465 e. The number of aliphatic hydroxyl groups excluding tert-OH is 1. The molecule has 0 bridgehead atoms. The first-order valence-corrected chi connectivity index (χ1v) is 13.3. The number of nitrogens with zero attached hydrogens (tertiary/aromatic N) is 1. The third kappa shape index (κ3) is 10.6. The molecular weight excluding hydrogens is 446 g/mol. The molecule has 192 valence electrons. The summed E-state index contributed by atoms with van der Waals surface area (Å²) < 4.78 is 5.21. The van der Waals surface area contributed by atoms with Gasteiger partial charge in [-0.25, -0.2) is 4.98 Å². The summed E-state index contributed by atoms with van der Waals surface area (Å²) in [6.07, 6.45) is 8.59. The van der Waals surface area contributed by atoms with E-state index in [1.54, 1.807) is 25.2 Å². The van der Waals surface area contributed by atoms with Gasteiger partial charge in [-0.05, 0) is 64.4 Å². The van der Waals surface area contributed by atoms with Crippen molar-refractivity contribution in [1.29, 1.82) is 0 Å². The summed E-state index contributed by atoms with van der Waals surface area (Å²) in [6.45, 7) is 16.3. The highest BCUT2D eigenvalue weighted by molar-refractivity contribution is 7.09. The molecule has 0 saturated carbocycles. The van der Waals surface area contributed by atoms with Crippen molar-refractivity contribution in [3.63, 3.8) is 0 Å². The monoisotopic (exact) mass is 491 g/mol. The van der Waals surface area contributed by atoms with Crippen LogP contribution >= 0.6 is 11.3 Å². The van der Waals surface area contributed by atoms with Crippen LogP contribution in [-0.4, -0.2) is 34.6 Å². The summed E-state index contributed by atoms with van der Waals surface area (Å²) >= 11 is 1.68. The Hall–Kier alpha value is -1.79. The lowest BCUT2D eigenvalue weighted by Crippen LogP contribution is -2.42. The Balaban J connectivity index is 0.000000533. The third-order valence-corrected chi connectivity index (χ3v) is 7.15. The summed E-state index contributed by atoms with van der Waals surface area (Å²) in [5.41, 5.74) is 1.44. The van der Waals surface area contributed by atoms with Crippen molar-refractivity contribution in [2.24, 2.45) is 23.2 Å². The van der Waals surface area contributed by atoms with E-state index in [0.29, 0.717) is 24.9 Å². The van der Waals surface area contributed by atoms with Gasteiger partial charge in [0.25, 0.3) is 0 Å². The van der Waals surface area contributed by atoms with E-state index >= 15 is 0 Å². The highest BCUT2D eigenvalue weighted by Crippen LogP contribution is 2.32. The van der Waals surface area contributed by atoms with Gasteiger partial charge < -0.3 is 9.84 Å². The molecule has 0 saturated heterocycles. The van der Waals surface area contributed by atoms with Crippen LogP contribution in [0.15, 0.2) is 23.1 Å². The first kappa shape index (κ1) is 30.2. The van der Waals surface area contributed by atoms with Crippen molar-refractivity contribution in [2.45, 2.75) is 93.6 Å². The lowest BCUT2D eigenvalue weighted by atomic mass is 9.73. The highest BCUT2D eigenvalue weighted by Gasteiger charge is 2.39. The Morgan fingerprint density at radius 2 is 1.79 bits per heavy atom. The molecule has 1 aromatic rings. The molecular formula is C28H45NO4S. The zero-order valence-electron chi connectivity index (χ0n) is 22.4. The van der Waals surface area contributed by atoms with E-state index in [0.717, 1.165) is 30.0 Å². The maximum Gasteiger partial charge on any atom is 0.308 e. The quantitative estimate of drug-likeness (QED) is 0.346. The van der Waals surface area contributed by atoms with Crippen LogP contribution in [0.5, 0.6) is 0 Å². The Morgan fingerprint density at radius 1 is 1.12 bits per heavy atom. The Morgan fingerprint density at radius 3 is 2.38 bits per heavy atom. The van der Waals surface area contributed by atoms with Crippen molar-refractivity contribution in [1.82, 2.24) is 4.98 Å². The van der Waals surface area contributed by atoms with E-state index < -0.39 is 17.5 Å². The van der Waals surface area contributed by atoms with E-state index in [-0.39, 0.29) is 18.1 Å². The van der Waals surface area contributed by atoms with Crippen LogP contribution < -0.4 is 0 Å². The predicted molar refractivity (Wildman–Crippen MR) is 142 cm³/mol. The summed E-state index contributed by atoms with van der Waals surface area (Å²) in [6, 6.07) is 0. The van der Waals surface area contributed by atoms with Gasteiger partial charge in [-0.1, -0.05) is 52.3 Å². The predicted octanol–water partition coefficient (Wildman–Crippen LogP) is 6.79. The lowest BCUT2D eigenvalue weighted by molar-refractivity contribution is -0.150. The molecule has 0 fully saturated rings. The molecule has 0 aromatic carbocycles. The molecule has 0 spiro atoms. The first-order chi connectivity index (χ1) is 15.9. The van der Waals surface area contributed by atoms with Gasteiger partial charge in [0, 0.05) is 11.3 Å². The second kappa shape index (κ2) is 14.6. The van der Waals surface area contributed by atoms with E-state index in [1.165, 1.54) is 5.57 Å². The standard InChI is InChI=1S/C21H36O4.C7H9NS/c1-14-8-7-9-25-19(23)13-18(22)21(5,6)20(24)17(4)12-16(3)11-15(2)10-14;1-3-4-7-5-9-6(2)8-7/h8,15-18,22H,7,9-13H2,1-6H3;3-5H,1-2H3/b14-8-;4-3-. The van der Waals surface area contributed by atoms with Crippen LogP contribution in [0.1, 0.15) is 91.3 Å². The minimum atomic E-state index is -1.02. The summed E-state index contributed by atoms with van der Waals surface area (Å²) in [4.78, 5) is 29.0. The number of thiazole rings is 1. The minimum absolute atomic E-state index is 0.0236.